The van der Waals surface area contributed by atoms with Crippen LogP contribution in [0.4, 0.5) is 0 Å². The average molecular weight is 899 g/mol. The minimum Gasteiger partial charge on any atom is -0.208 e. The second-order valence-electron chi connectivity index (χ2n) is 17.7. The minimum atomic E-state index is 0.0146. The van der Waals surface area contributed by atoms with Gasteiger partial charge in [-0.15, -0.1) is 11.3 Å². The summed E-state index contributed by atoms with van der Waals surface area (Å²) in [4.78, 5) is 31.0. The molecule has 3 aromatic heterocycles. The first-order chi connectivity index (χ1) is 34.2. The Bertz CT molecular complexity index is 3920. The molecule has 0 aliphatic heterocycles. The zero-order valence-corrected chi connectivity index (χ0v) is 37.8. The monoisotopic (exact) mass is 898 g/mol. The van der Waals surface area contributed by atoms with Crippen LogP contribution in [0.5, 0.6) is 0 Å². The van der Waals surface area contributed by atoms with Gasteiger partial charge in [-0.2, -0.15) is 0 Å². The molecule has 69 heavy (non-hydrogen) atoms. The molecule has 3 heterocycles. The number of thiophene rings is 1. The number of nitrogens with zero attached hydrogens (tertiary/aromatic N) is 6. The van der Waals surface area contributed by atoms with Gasteiger partial charge >= 0.3 is 0 Å². The zero-order chi connectivity index (χ0) is 45.4. The third kappa shape index (κ3) is 6.54. The van der Waals surface area contributed by atoms with E-state index in [9.17, 15) is 0 Å². The molecule has 322 valence electrons. The van der Waals surface area contributed by atoms with Crippen molar-refractivity contribution < 1.29 is 0 Å². The average Bonchev–Trinajstić information content (AvgIpc) is 3.82. The van der Waals surface area contributed by atoms with Gasteiger partial charge in [0.15, 0.2) is 34.9 Å². The van der Waals surface area contributed by atoms with E-state index in [1.165, 1.54) is 59.1 Å². The SMILES string of the molecule is c1ccc(-c2nc(-c3ccccc3)nc(-c3ccc4c(c3)C3c5ccccc5C4c4cc(-c5nc(-c6ccccc6)nc(-c6ccccc6-c6cccc7c6sc6ccccc67)n5)ccc43)n2)cc1. The summed E-state index contributed by atoms with van der Waals surface area (Å²) in [6, 6.07) is 76.9. The van der Waals surface area contributed by atoms with E-state index in [2.05, 4.69) is 164 Å². The number of fused-ring (bicyclic) bond motifs is 3. The van der Waals surface area contributed by atoms with Crippen molar-refractivity contribution in [2.45, 2.75) is 11.8 Å². The molecule has 0 fully saturated rings. The molecule has 3 aliphatic carbocycles. The third-order valence-electron chi connectivity index (χ3n) is 13.8. The van der Waals surface area contributed by atoms with Crippen molar-refractivity contribution in [1.82, 2.24) is 29.9 Å². The van der Waals surface area contributed by atoms with Crippen LogP contribution in [0.25, 0.3) is 99.6 Å². The van der Waals surface area contributed by atoms with E-state index in [0.29, 0.717) is 34.9 Å². The van der Waals surface area contributed by atoms with Crippen LogP contribution < -0.4 is 0 Å². The molecule has 0 saturated heterocycles. The Morgan fingerprint density at radius 1 is 0.261 bits per heavy atom. The van der Waals surface area contributed by atoms with Gasteiger partial charge in [-0.1, -0.05) is 200 Å². The summed E-state index contributed by atoms with van der Waals surface area (Å²) in [5.74, 6) is 3.90. The molecule has 2 bridgehead atoms. The van der Waals surface area contributed by atoms with Crippen LogP contribution in [-0.2, 0) is 0 Å². The summed E-state index contributed by atoms with van der Waals surface area (Å²) in [7, 11) is 0. The van der Waals surface area contributed by atoms with Gasteiger partial charge in [0.05, 0.1) is 0 Å². The fourth-order valence-corrected chi connectivity index (χ4v) is 11.9. The van der Waals surface area contributed by atoms with E-state index in [1.807, 2.05) is 65.9 Å². The first kappa shape index (κ1) is 39.4. The Kier molecular flexibility index (Phi) is 9.10. The molecule has 6 nitrogen and oxygen atoms in total. The molecule has 0 radical (unpaired) electrons. The van der Waals surface area contributed by atoms with E-state index < -0.39 is 0 Å². The van der Waals surface area contributed by atoms with Crippen LogP contribution in [0.3, 0.4) is 0 Å². The molecule has 0 saturated carbocycles. The van der Waals surface area contributed by atoms with E-state index in [4.69, 9.17) is 29.9 Å². The molecule has 12 aromatic rings. The highest BCUT2D eigenvalue weighted by Crippen LogP contribution is 2.57. The number of rotatable bonds is 7. The van der Waals surface area contributed by atoms with Gasteiger partial charge in [-0.05, 0) is 57.1 Å². The van der Waals surface area contributed by atoms with Crippen molar-refractivity contribution in [2.75, 3.05) is 0 Å². The highest BCUT2D eigenvalue weighted by Gasteiger charge is 2.41. The Hall–Kier alpha value is -8.78. The van der Waals surface area contributed by atoms with Crippen molar-refractivity contribution in [1.29, 1.82) is 0 Å². The van der Waals surface area contributed by atoms with E-state index in [1.54, 1.807) is 0 Å². The van der Waals surface area contributed by atoms with Gasteiger partial charge in [0.2, 0.25) is 0 Å². The standard InChI is InChI=1S/C62H38N6S/c1-4-17-37(18-5-1)57-63-58(38-19-6-2-7-20-38)65-60(64-57)40-31-33-46-51(35-40)54-44-25-11-12-26-45(44)55(46)52-36-41(32-34-47(52)54)61-66-59(39-21-8-3-9-22-39)67-62(68-61)50-27-13-10-23-42(50)48-28-16-29-49-43-24-14-15-30-53(43)69-56(48)49/h1-36,54-55H. The van der Waals surface area contributed by atoms with Crippen LogP contribution in [0.2, 0.25) is 0 Å². The maximum atomic E-state index is 5.37. The fourth-order valence-electron chi connectivity index (χ4n) is 10.6. The quantitative estimate of drug-likeness (QED) is 0.159. The Morgan fingerprint density at radius 2 is 0.652 bits per heavy atom. The second-order valence-corrected chi connectivity index (χ2v) is 18.8. The summed E-state index contributed by atoms with van der Waals surface area (Å²) >= 11 is 1.83. The van der Waals surface area contributed by atoms with Crippen LogP contribution in [0.1, 0.15) is 45.2 Å². The molecule has 3 aliphatic rings. The number of hydrogen-bond acceptors (Lipinski definition) is 7. The first-order valence-corrected chi connectivity index (χ1v) is 24.1. The third-order valence-corrected chi connectivity index (χ3v) is 15.0. The van der Waals surface area contributed by atoms with Crippen LogP contribution in [0.15, 0.2) is 218 Å². The topological polar surface area (TPSA) is 77.3 Å². The molecule has 2 unspecified atom stereocenters. The van der Waals surface area contributed by atoms with Crippen molar-refractivity contribution in [3.05, 3.63) is 252 Å². The van der Waals surface area contributed by atoms with Gasteiger partial charge < -0.3 is 0 Å². The smallest absolute Gasteiger partial charge is 0.164 e. The van der Waals surface area contributed by atoms with E-state index in [-0.39, 0.29) is 11.8 Å². The van der Waals surface area contributed by atoms with Crippen LogP contribution >= 0.6 is 11.3 Å². The molecule has 0 N–H and O–H groups in total. The zero-order valence-electron chi connectivity index (χ0n) is 37.0. The number of aromatic nitrogens is 6. The Balaban J connectivity index is 0.904. The number of benzene rings is 9. The summed E-state index contributed by atoms with van der Waals surface area (Å²) in [6.45, 7) is 0. The highest BCUT2D eigenvalue weighted by molar-refractivity contribution is 7.26. The van der Waals surface area contributed by atoms with E-state index >= 15 is 0 Å². The van der Waals surface area contributed by atoms with Gasteiger partial charge in [0.1, 0.15) is 0 Å². The van der Waals surface area contributed by atoms with Gasteiger partial charge in [-0.3, -0.25) is 0 Å². The van der Waals surface area contributed by atoms with Crippen LogP contribution in [0, 0.1) is 0 Å². The summed E-state index contributed by atoms with van der Waals surface area (Å²) in [6.07, 6.45) is 0. The molecule has 7 heteroatoms. The Morgan fingerprint density at radius 3 is 1.19 bits per heavy atom. The van der Waals surface area contributed by atoms with Gasteiger partial charge in [0, 0.05) is 71.0 Å². The first-order valence-electron chi connectivity index (χ1n) is 23.3. The predicted octanol–water partition coefficient (Wildman–Crippen LogP) is 15.1. The molecule has 15 rings (SSSR count). The lowest BCUT2D eigenvalue weighted by atomic mass is 9.61. The molecular weight excluding hydrogens is 861 g/mol. The summed E-state index contributed by atoms with van der Waals surface area (Å²) < 4.78 is 2.53. The lowest BCUT2D eigenvalue weighted by molar-refractivity contribution is 0.754. The second kappa shape index (κ2) is 15.9. The fraction of sp³-hybridized carbons (Fsp3) is 0.0323. The van der Waals surface area contributed by atoms with Crippen molar-refractivity contribution in [2.24, 2.45) is 0 Å². The van der Waals surface area contributed by atoms with Crippen molar-refractivity contribution in [3.8, 4) is 79.5 Å². The molecule has 2 atom stereocenters. The predicted molar refractivity (Wildman–Crippen MR) is 279 cm³/mol. The van der Waals surface area contributed by atoms with Crippen molar-refractivity contribution >= 4 is 31.5 Å². The Labute approximate surface area is 402 Å². The molecule has 0 amide bonds. The molecule has 9 aromatic carbocycles. The van der Waals surface area contributed by atoms with Crippen LogP contribution in [-0.4, -0.2) is 29.9 Å². The lowest BCUT2D eigenvalue weighted by Gasteiger charge is -2.42. The van der Waals surface area contributed by atoms with Crippen molar-refractivity contribution in [3.63, 3.8) is 0 Å². The molecule has 0 spiro atoms. The minimum absolute atomic E-state index is 0.0146. The maximum Gasteiger partial charge on any atom is 0.164 e. The normalized spacial score (nSPS) is 14.4. The largest absolute Gasteiger partial charge is 0.208 e. The lowest BCUT2D eigenvalue weighted by Crippen LogP contribution is -2.27. The van der Waals surface area contributed by atoms with E-state index in [0.717, 1.165) is 38.9 Å². The number of hydrogen-bond donors (Lipinski definition) is 0. The summed E-state index contributed by atoms with van der Waals surface area (Å²) in [5.41, 5.74) is 15.8. The maximum absolute atomic E-state index is 5.37. The van der Waals surface area contributed by atoms with Gasteiger partial charge in [0.25, 0.3) is 0 Å². The van der Waals surface area contributed by atoms with Gasteiger partial charge in [-0.25, -0.2) is 29.9 Å². The highest BCUT2D eigenvalue weighted by atomic mass is 32.1. The molecular formula is C62H38N6S. The summed E-state index contributed by atoms with van der Waals surface area (Å²) in [5, 5.41) is 2.53.